The van der Waals surface area contributed by atoms with Gasteiger partial charge in [-0.25, -0.2) is 4.85 Å². The first-order chi connectivity index (χ1) is 37.2. The summed E-state index contributed by atoms with van der Waals surface area (Å²) in [6.45, 7) is 9.72. The lowest BCUT2D eigenvalue weighted by Crippen LogP contribution is -2.08. The predicted octanol–water partition coefficient (Wildman–Crippen LogP) is 19.9. The fraction of sp³-hybridized carbons (Fsp3) is 0. The van der Waals surface area contributed by atoms with Gasteiger partial charge in [-0.15, -0.1) is 22.7 Å². The van der Waals surface area contributed by atoms with Gasteiger partial charge in [0, 0.05) is 74.6 Å². The Hall–Kier alpha value is -9.76. The van der Waals surface area contributed by atoms with E-state index in [0.29, 0.717) is 16.9 Å². The van der Waals surface area contributed by atoms with Crippen molar-refractivity contribution in [2.24, 2.45) is 0 Å². The second-order valence-electron chi connectivity index (χ2n) is 19.2. The molecule has 0 aliphatic heterocycles. The Labute approximate surface area is 436 Å². The van der Waals surface area contributed by atoms with Crippen molar-refractivity contribution in [1.82, 2.24) is 9.13 Å². The average molecular weight is 989 g/mol. The van der Waals surface area contributed by atoms with Gasteiger partial charge in [0.2, 0.25) is 5.69 Å². The van der Waals surface area contributed by atoms with Crippen molar-refractivity contribution in [1.29, 1.82) is 5.26 Å². The van der Waals surface area contributed by atoms with Gasteiger partial charge < -0.3 is 13.6 Å². The van der Waals surface area contributed by atoms with E-state index in [2.05, 4.69) is 179 Å². The monoisotopic (exact) mass is 988 g/mol. The highest BCUT2D eigenvalue weighted by Crippen LogP contribution is 2.56. The van der Waals surface area contributed by atoms with E-state index in [1.165, 1.54) is 20.2 Å². The molecule has 0 bridgehead atoms. The summed E-state index contributed by atoms with van der Waals surface area (Å²) in [5.74, 6) is 0. The molecule has 346 valence electrons. The van der Waals surface area contributed by atoms with Gasteiger partial charge in [-0.2, -0.15) is 5.26 Å². The number of para-hydroxylation sites is 2. The zero-order valence-corrected chi connectivity index (χ0v) is 41.4. The first kappa shape index (κ1) is 41.8. The van der Waals surface area contributed by atoms with Crippen LogP contribution in [0.3, 0.4) is 0 Å². The molecular weight excluding hydrogens is 953 g/mol. The Morgan fingerprint density at radius 1 is 0.427 bits per heavy atom. The summed E-state index contributed by atoms with van der Waals surface area (Å²) in [6, 6.07) is 79.4. The van der Waals surface area contributed by atoms with E-state index in [1.807, 2.05) is 54.6 Å². The number of aromatic nitrogens is 2. The lowest BCUT2D eigenvalue weighted by molar-refractivity contribution is 0.673. The molecule has 0 saturated heterocycles. The van der Waals surface area contributed by atoms with Crippen molar-refractivity contribution in [3.8, 4) is 50.8 Å². The van der Waals surface area contributed by atoms with E-state index >= 15 is 0 Å². The minimum Gasteiger partial charge on any atom is -0.455 e. The second kappa shape index (κ2) is 15.9. The summed E-state index contributed by atoms with van der Waals surface area (Å²) in [5.41, 5.74) is 12.8. The standard InChI is InChI=1S/C68H36N4OS2/c1-70-60-58(41-22-9-4-10-23-41)65(71-53-37-36-48-43-24-11-14-29-54(43)73-66(48)59(53)51-28-17-27-42(61(51)71)39-18-5-2-6-19-39)57(40-20-7-3-8-21-40)52(38-69)62(60)72-63-46(32-34-49-44-25-12-15-30-55(44)74-67(49)63)47-33-35-50-45-26-13-16-31-56(45)75-68(50)64(47)72/h2-37H. The minimum atomic E-state index is 0.388. The Kier molecular flexibility index (Phi) is 8.85. The molecule has 16 aromatic rings. The van der Waals surface area contributed by atoms with Crippen LogP contribution in [0.1, 0.15) is 5.56 Å². The molecule has 5 nitrogen and oxygen atoms in total. The minimum absolute atomic E-state index is 0.388. The molecular formula is C68H36N4OS2. The Balaban J connectivity index is 1.19. The fourth-order valence-corrected chi connectivity index (χ4v) is 14.8. The summed E-state index contributed by atoms with van der Waals surface area (Å²) in [7, 11) is 0. The molecule has 0 aliphatic rings. The number of thiophene rings is 2. The third-order valence-corrected chi connectivity index (χ3v) is 17.8. The molecule has 5 heterocycles. The van der Waals surface area contributed by atoms with Gasteiger partial charge in [-0.1, -0.05) is 188 Å². The lowest BCUT2D eigenvalue weighted by atomic mass is 9.88. The summed E-state index contributed by atoms with van der Waals surface area (Å²) in [6.07, 6.45) is 0. The van der Waals surface area contributed by atoms with Crippen LogP contribution in [0.2, 0.25) is 0 Å². The first-order valence-corrected chi connectivity index (χ1v) is 26.6. The second-order valence-corrected chi connectivity index (χ2v) is 21.3. The van der Waals surface area contributed by atoms with Crippen LogP contribution in [0.4, 0.5) is 5.69 Å². The molecule has 16 rings (SSSR count). The van der Waals surface area contributed by atoms with E-state index in [4.69, 9.17) is 9.26 Å². The molecule has 0 atom stereocenters. The maximum absolute atomic E-state index is 12.5. The quantitative estimate of drug-likeness (QED) is 0.161. The normalized spacial score (nSPS) is 12.0. The molecule has 0 radical (unpaired) electrons. The summed E-state index contributed by atoms with van der Waals surface area (Å²) < 4.78 is 16.2. The highest BCUT2D eigenvalue weighted by atomic mass is 32.1. The van der Waals surface area contributed by atoms with Crippen LogP contribution in [0.15, 0.2) is 223 Å². The van der Waals surface area contributed by atoms with Crippen molar-refractivity contribution in [2.45, 2.75) is 0 Å². The Morgan fingerprint density at radius 3 is 1.56 bits per heavy atom. The van der Waals surface area contributed by atoms with Crippen molar-refractivity contribution >= 4 is 134 Å². The highest BCUT2D eigenvalue weighted by Gasteiger charge is 2.34. The summed E-state index contributed by atoms with van der Waals surface area (Å²) in [4.78, 5) is 4.75. The maximum atomic E-state index is 12.5. The fourth-order valence-electron chi connectivity index (χ4n) is 12.3. The van der Waals surface area contributed by atoms with E-state index in [9.17, 15) is 11.8 Å². The smallest absolute Gasteiger partial charge is 0.221 e. The van der Waals surface area contributed by atoms with Gasteiger partial charge >= 0.3 is 0 Å². The third kappa shape index (κ3) is 5.74. The molecule has 0 N–H and O–H groups in total. The lowest BCUT2D eigenvalue weighted by Gasteiger charge is -2.26. The van der Waals surface area contributed by atoms with Crippen LogP contribution < -0.4 is 0 Å². The van der Waals surface area contributed by atoms with E-state index in [1.54, 1.807) is 22.7 Å². The van der Waals surface area contributed by atoms with Crippen LogP contribution in [-0.4, -0.2) is 9.13 Å². The SMILES string of the molecule is [C-]#[N+]c1c(-c2ccccc2)c(-n2c3ccc4c5ccccc5oc4c3c3cccc(-c4ccccc4)c32)c(-c2ccccc2)c(C#N)c1-n1c2c(ccc3c4ccccc4sc32)c2ccc3c4ccccc4sc3c21. The molecule has 0 amide bonds. The van der Waals surface area contributed by atoms with Crippen LogP contribution in [0.5, 0.6) is 0 Å². The van der Waals surface area contributed by atoms with Crippen LogP contribution in [0.25, 0.3) is 155 Å². The van der Waals surface area contributed by atoms with Crippen molar-refractivity contribution in [3.63, 3.8) is 0 Å². The molecule has 0 spiro atoms. The van der Waals surface area contributed by atoms with Gasteiger partial charge in [0.25, 0.3) is 0 Å². The number of furan rings is 1. The summed E-state index contributed by atoms with van der Waals surface area (Å²) in [5, 5.41) is 23.3. The third-order valence-electron chi connectivity index (χ3n) is 15.4. The van der Waals surface area contributed by atoms with Crippen LogP contribution >= 0.6 is 22.7 Å². The molecule has 0 saturated carbocycles. The zero-order valence-electron chi connectivity index (χ0n) is 39.8. The van der Waals surface area contributed by atoms with E-state index < -0.39 is 0 Å². The average Bonchev–Trinajstić information content (AvgIpc) is 4.30. The number of nitrogens with zero attached hydrogens (tertiary/aromatic N) is 4. The number of rotatable bonds is 5. The molecule has 75 heavy (non-hydrogen) atoms. The van der Waals surface area contributed by atoms with Crippen LogP contribution in [0, 0.1) is 17.9 Å². The Morgan fingerprint density at radius 2 is 0.947 bits per heavy atom. The molecule has 0 fully saturated rings. The van der Waals surface area contributed by atoms with Crippen molar-refractivity contribution in [3.05, 3.63) is 235 Å². The Bertz CT molecular complexity index is 4990. The van der Waals surface area contributed by atoms with E-state index in [-0.39, 0.29) is 0 Å². The molecule has 0 aliphatic carbocycles. The number of nitriles is 1. The number of hydrogen-bond acceptors (Lipinski definition) is 4. The predicted molar refractivity (Wildman–Crippen MR) is 315 cm³/mol. The zero-order chi connectivity index (χ0) is 49.5. The van der Waals surface area contributed by atoms with E-state index in [0.717, 1.165) is 125 Å². The maximum Gasteiger partial charge on any atom is 0.221 e. The largest absolute Gasteiger partial charge is 0.455 e. The number of benzene rings is 11. The molecule has 5 aromatic heterocycles. The number of fused-ring (bicyclic) bond motifs is 18. The summed E-state index contributed by atoms with van der Waals surface area (Å²) >= 11 is 3.54. The molecule has 11 aromatic carbocycles. The van der Waals surface area contributed by atoms with Crippen molar-refractivity contribution in [2.75, 3.05) is 0 Å². The van der Waals surface area contributed by atoms with Crippen molar-refractivity contribution < 1.29 is 4.42 Å². The first-order valence-electron chi connectivity index (χ1n) is 24.9. The molecule has 0 unspecified atom stereocenters. The van der Waals surface area contributed by atoms with Gasteiger partial charge in [-0.05, 0) is 47.0 Å². The van der Waals surface area contributed by atoms with Crippen LogP contribution in [-0.2, 0) is 0 Å². The highest BCUT2D eigenvalue weighted by molar-refractivity contribution is 7.27. The van der Waals surface area contributed by atoms with Gasteiger partial charge in [0.1, 0.15) is 17.2 Å². The van der Waals surface area contributed by atoms with Gasteiger partial charge in [-0.3, -0.25) is 0 Å². The van der Waals surface area contributed by atoms with Gasteiger partial charge in [0.05, 0.1) is 60.4 Å². The number of hydrogen-bond donors (Lipinski definition) is 0. The van der Waals surface area contributed by atoms with Gasteiger partial charge in [0.15, 0.2) is 0 Å². The molecule has 7 heteroatoms. The topological polar surface area (TPSA) is 51.1 Å².